The van der Waals surface area contributed by atoms with E-state index in [4.69, 9.17) is 5.73 Å². The van der Waals surface area contributed by atoms with Crippen molar-refractivity contribution in [1.29, 1.82) is 0 Å². The van der Waals surface area contributed by atoms with Gasteiger partial charge in [0.05, 0.1) is 0 Å². The van der Waals surface area contributed by atoms with E-state index in [1.807, 2.05) is 12.3 Å². The van der Waals surface area contributed by atoms with Gasteiger partial charge in [-0.3, -0.25) is 4.98 Å². The molecule has 0 bridgehead atoms. The molecule has 1 aromatic heterocycles. The van der Waals surface area contributed by atoms with Gasteiger partial charge in [0.2, 0.25) is 0 Å². The van der Waals surface area contributed by atoms with Crippen LogP contribution in [0.4, 0.5) is 0 Å². The Morgan fingerprint density at radius 1 is 1.67 bits per heavy atom. The Morgan fingerprint density at radius 3 is 3.25 bits per heavy atom. The largest absolute Gasteiger partial charge is 0.330 e. The van der Waals surface area contributed by atoms with E-state index in [1.165, 1.54) is 11.3 Å². The average molecular weight is 162 g/mol. The molecule has 1 aromatic rings. The summed E-state index contributed by atoms with van der Waals surface area (Å²) in [4.78, 5) is 4.35. The Balaban J connectivity index is 2.40. The van der Waals surface area contributed by atoms with Gasteiger partial charge in [-0.15, -0.1) is 0 Å². The molecule has 2 nitrogen and oxygen atoms in total. The maximum Gasteiger partial charge on any atom is 0.0441 e. The van der Waals surface area contributed by atoms with E-state index in [0.29, 0.717) is 11.8 Å². The number of nitrogens with two attached hydrogens (primary N) is 1. The molecule has 1 aliphatic rings. The Bertz CT molecular complexity index is 283. The summed E-state index contributed by atoms with van der Waals surface area (Å²) < 4.78 is 0. The molecule has 0 saturated heterocycles. The highest BCUT2D eigenvalue weighted by Gasteiger charge is 2.28. The quantitative estimate of drug-likeness (QED) is 0.676. The van der Waals surface area contributed by atoms with Gasteiger partial charge in [0, 0.05) is 17.8 Å². The molecular weight excluding hydrogens is 148 g/mol. The maximum atomic E-state index is 5.71. The molecule has 2 heteroatoms. The van der Waals surface area contributed by atoms with Gasteiger partial charge in [0.15, 0.2) is 0 Å². The summed E-state index contributed by atoms with van der Waals surface area (Å²) in [5, 5.41) is 0. The number of rotatable bonds is 1. The lowest BCUT2D eigenvalue weighted by atomic mass is 9.95. The van der Waals surface area contributed by atoms with Crippen LogP contribution in [0.5, 0.6) is 0 Å². The second-order valence-corrected chi connectivity index (χ2v) is 3.56. The van der Waals surface area contributed by atoms with Crippen molar-refractivity contribution in [2.75, 3.05) is 6.54 Å². The highest BCUT2D eigenvalue weighted by atomic mass is 14.7. The molecule has 2 N–H and O–H groups in total. The molecule has 1 heterocycles. The van der Waals surface area contributed by atoms with E-state index in [2.05, 4.69) is 18.0 Å². The topological polar surface area (TPSA) is 38.9 Å². The number of nitrogens with zero attached hydrogens (tertiary/aromatic N) is 1. The van der Waals surface area contributed by atoms with E-state index in [9.17, 15) is 0 Å². The first-order valence-electron chi connectivity index (χ1n) is 4.46. The molecule has 0 spiro atoms. The third-order valence-corrected chi connectivity index (χ3v) is 2.78. The number of hydrogen-bond acceptors (Lipinski definition) is 2. The third-order valence-electron chi connectivity index (χ3n) is 2.78. The van der Waals surface area contributed by atoms with Crippen molar-refractivity contribution < 1.29 is 0 Å². The minimum atomic E-state index is 0.536. The summed E-state index contributed by atoms with van der Waals surface area (Å²) in [6.07, 6.45) is 2.96. The van der Waals surface area contributed by atoms with Gasteiger partial charge in [-0.1, -0.05) is 13.0 Å². The van der Waals surface area contributed by atoms with Gasteiger partial charge in [-0.25, -0.2) is 0 Å². The molecule has 2 rings (SSSR count). The van der Waals surface area contributed by atoms with Crippen molar-refractivity contribution in [2.45, 2.75) is 19.3 Å². The highest BCUT2D eigenvalue weighted by molar-refractivity contribution is 5.30. The maximum absolute atomic E-state index is 5.71. The summed E-state index contributed by atoms with van der Waals surface area (Å²) in [6, 6.07) is 4.16. The van der Waals surface area contributed by atoms with Crippen molar-refractivity contribution in [3.8, 4) is 0 Å². The molecule has 0 fully saturated rings. The molecule has 0 aromatic carbocycles. The average Bonchev–Trinajstić information content (AvgIpc) is 2.40. The van der Waals surface area contributed by atoms with Crippen LogP contribution in [0.25, 0.3) is 0 Å². The molecule has 0 saturated carbocycles. The van der Waals surface area contributed by atoms with E-state index in [0.717, 1.165) is 13.0 Å². The van der Waals surface area contributed by atoms with Crippen LogP contribution in [-0.2, 0) is 6.42 Å². The summed E-state index contributed by atoms with van der Waals surface area (Å²) in [7, 11) is 0. The number of hydrogen-bond donors (Lipinski definition) is 1. The van der Waals surface area contributed by atoms with E-state index >= 15 is 0 Å². The van der Waals surface area contributed by atoms with Crippen molar-refractivity contribution in [3.05, 3.63) is 29.6 Å². The van der Waals surface area contributed by atoms with Crippen molar-refractivity contribution >= 4 is 0 Å². The van der Waals surface area contributed by atoms with Gasteiger partial charge in [-0.05, 0) is 30.5 Å². The SMILES string of the molecule is CC1Cc2ncccc2C1CN. The molecule has 12 heavy (non-hydrogen) atoms. The van der Waals surface area contributed by atoms with Crippen molar-refractivity contribution in [2.24, 2.45) is 11.7 Å². The summed E-state index contributed by atoms with van der Waals surface area (Å²) >= 11 is 0. The first-order chi connectivity index (χ1) is 5.83. The zero-order valence-electron chi connectivity index (χ0n) is 7.33. The molecule has 0 amide bonds. The van der Waals surface area contributed by atoms with Gasteiger partial charge < -0.3 is 5.73 Å². The second-order valence-electron chi connectivity index (χ2n) is 3.56. The lowest BCUT2D eigenvalue weighted by Crippen LogP contribution is -2.15. The predicted molar refractivity (Wildman–Crippen MR) is 48.9 cm³/mol. The fourth-order valence-electron chi connectivity index (χ4n) is 2.07. The van der Waals surface area contributed by atoms with Crippen LogP contribution in [0.1, 0.15) is 24.1 Å². The Hall–Kier alpha value is -0.890. The second kappa shape index (κ2) is 2.87. The summed E-state index contributed by atoms with van der Waals surface area (Å²) in [5.74, 6) is 1.20. The number of fused-ring (bicyclic) bond motifs is 1. The van der Waals surface area contributed by atoms with E-state index in [-0.39, 0.29) is 0 Å². The molecule has 2 atom stereocenters. The fraction of sp³-hybridized carbons (Fsp3) is 0.500. The standard InChI is InChI=1S/C10H14N2/c1-7-5-10-8(9(7)6-11)3-2-4-12-10/h2-4,7,9H,5-6,11H2,1H3. The highest BCUT2D eigenvalue weighted by Crippen LogP contribution is 2.35. The smallest absolute Gasteiger partial charge is 0.0441 e. The number of aromatic nitrogens is 1. The Morgan fingerprint density at radius 2 is 2.50 bits per heavy atom. The van der Waals surface area contributed by atoms with Crippen LogP contribution < -0.4 is 5.73 Å². The van der Waals surface area contributed by atoms with E-state index in [1.54, 1.807) is 0 Å². The molecular formula is C10H14N2. The predicted octanol–water partition coefficient (Wildman–Crippen LogP) is 1.32. The van der Waals surface area contributed by atoms with Crippen LogP contribution in [0.15, 0.2) is 18.3 Å². The van der Waals surface area contributed by atoms with Crippen molar-refractivity contribution in [1.82, 2.24) is 4.98 Å². The molecule has 1 aliphatic carbocycles. The van der Waals surface area contributed by atoms with Crippen LogP contribution >= 0.6 is 0 Å². The fourth-order valence-corrected chi connectivity index (χ4v) is 2.07. The van der Waals surface area contributed by atoms with Gasteiger partial charge >= 0.3 is 0 Å². The molecule has 0 aliphatic heterocycles. The molecule has 2 unspecified atom stereocenters. The lowest BCUT2D eigenvalue weighted by Gasteiger charge is -2.12. The summed E-state index contributed by atoms with van der Waals surface area (Å²) in [6.45, 7) is 3.00. The first kappa shape index (κ1) is 7.74. The normalized spacial score (nSPS) is 27.2. The minimum absolute atomic E-state index is 0.536. The van der Waals surface area contributed by atoms with Gasteiger partial charge in [0.25, 0.3) is 0 Å². The van der Waals surface area contributed by atoms with Crippen LogP contribution in [0.2, 0.25) is 0 Å². The molecule has 0 radical (unpaired) electrons. The van der Waals surface area contributed by atoms with Crippen LogP contribution in [-0.4, -0.2) is 11.5 Å². The van der Waals surface area contributed by atoms with E-state index < -0.39 is 0 Å². The zero-order valence-corrected chi connectivity index (χ0v) is 7.33. The Kier molecular flexibility index (Phi) is 1.85. The van der Waals surface area contributed by atoms with Crippen LogP contribution in [0.3, 0.4) is 0 Å². The third kappa shape index (κ3) is 1.03. The number of pyridine rings is 1. The van der Waals surface area contributed by atoms with Gasteiger partial charge in [0.1, 0.15) is 0 Å². The Labute approximate surface area is 72.8 Å². The van der Waals surface area contributed by atoms with Crippen molar-refractivity contribution in [3.63, 3.8) is 0 Å². The van der Waals surface area contributed by atoms with Crippen LogP contribution in [0, 0.1) is 5.92 Å². The molecule has 64 valence electrons. The van der Waals surface area contributed by atoms with Gasteiger partial charge in [-0.2, -0.15) is 0 Å². The minimum Gasteiger partial charge on any atom is -0.330 e. The summed E-state index contributed by atoms with van der Waals surface area (Å²) in [5.41, 5.74) is 8.33. The first-order valence-corrected chi connectivity index (χ1v) is 4.46. The monoisotopic (exact) mass is 162 g/mol. The lowest BCUT2D eigenvalue weighted by molar-refractivity contribution is 0.505. The zero-order chi connectivity index (χ0) is 8.55.